The summed E-state index contributed by atoms with van der Waals surface area (Å²) in [5.41, 5.74) is 4.20. The van der Waals surface area contributed by atoms with E-state index in [9.17, 15) is 30.7 Å². The number of carboxylic acids is 2. The molecule has 0 spiro atoms. The molecule has 0 amide bonds. The lowest BCUT2D eigenvalue weighted by molar-refractivity contribution is -0.193. The molecule has 1 saturated heterocycles. The van der Waals surface area contributed by atoms with E-state index >= 15 is 0 Å². The van der Waals surface area contributed by atoms with Gasteiger partial charge in [0.25, 0.3) is 0 Å². The molecule has 12 nitrogen and oxygen atoms in total. The molecule has 4 aromatic rings. The van der Waals surface area contributed by atoms with Crippen LogP contribution in [0.1, 0.15) is 11.4 Å². The number of aryl methyl sites for hydroxylation is 2. The van der Waals surface area contributed by atoms with Crippen LogP contribution >= 0.6 is 0 Å². The van der Waals surface area contributed by atoms with E-state index in [0.29, 0.717) is 22.5 Å². The topological polar surface area (TPSA) is 161 Å². The van der Waals surface area contributed by atoms with Gasteiger partial charge in [0.05, 0.1) is 34.0 Å². The Kier molecular flexibility index (Phi) is 9.44. The SMILES string of the molecule is Cc1cn2nc(Nc3n[nH]c4cc(N5CCNCC5)cc(F)c34)cc2c(C)n1.O=C(O)C(F)(F)F.O=C(O)C(F)(F)F. The van der Waals surface area contributed by atoms with Crippen LogP contribution in [-0.2, 0) is 9.59 Å². The summed E-state index contributed by atoms with van der Waals surface area (Å²) in [6.45, 7) is 7.38. The molecule has 4 heterocycles. The smallest absolute Gasteiger partial charge is 0.475 e. The standard InChI is InChI=1S/C19H21FN8.2C2HF3O2/c1-11-10-28-16(12(2)22-11)9-17(26-28)23-19-18-14(20)7-13(8-15(18)24-25-19)27-5-3-21-4-6-27;2*3-2(4,5)1(6)7/h7-10,21H,3-6H2,1-2H3,(H2,23,24,25,26);2*(H,6,7). The van der Waals surface area contributed by atoms with E-state index in [0.717, 1.165) is 48.8 Å². The van der Waals surface area contributed by atoms with Crippen molar-refractivity contribution in [3.8, 4) is 0 Å². The molecule has 1 aromatic carbocycles. The zero-order chi connectivity index (χ0) is 31.4. The van der Waals surface area contributed by atoms with Crippen LogP contribution in [0, 0.1) is 19.7 Å². The predicted molar refractivity (Wildman–Crippen MR) is 134 cm³/mol. The first-order valence-corrected chi connectivity index (χ1v) is 11.8. The molecular weight excluding hydrogens is 585 g/mol. The second-order valence-corrected chi connectivity index (χ2v) is 8.72. The number of piperazine rings is 1. The van der Waals surface area contributed by atoms with Gasteiger partial charge >= 0.3 is 24.3 Å². The summed E-state index contributed by atoms with van der Waals surface area (Å²) in [6, 6.07) is 5.41. The number of benzene rings is 1. The molecule has 5 N–H and O–H groups in total. The molecule has 19 heteroatoms. The molecule has 0 aliphatic carbocycles. The first-order valence-electron chi connectivity index (χ1n) is 11.8. The van der Waals surface area contributed by atoms with E-state index in [1.807, 2.05) is 32.2 Å². The van der Waals surface area contributed by atoms with Crippen LogP contribution in [0.3, 0.4) is 0 Å². The zero-order valence-corrected chi connectivity index (χ0v) is 21.7. The van der Waals surface area contributed by atoms with Crippen LogP contribution in [-0.4, -0.2) is 85.5 Å². The molecule has 42 heavy (non-hydrogen) atoms. The molecule has 1 aliphatic heterocycles. The van der Waals surface area contributed by atoms with Crippen molar-refractivity contribution in [3.05, 3.63) is 41.6 Å². The Bertz CT molecular complexity index is 1550. The van der Waals surface area contributed by atoms with E-state index < -0.39 is 24.3 Å². The van der Waals surface area contributed by atoms with Gasteiger partial charge in [-0.2, -0.15) is 31.4 Å². The van der Waals surface area contributed by atoms with Crippen molar-refractivity contribution < 1.29 is 50.5 Å². The number of carboxylic acid groups (broad SMARTS) is 2. The van der Waals surface area contributed by atoms with E-state index in [-0.39, 0.29) is 5.82 Å². The number of hydrogen-bond donors (Lipinski definition) is 5. The van der Waals surface area contributed by atoms with Crippen LogP contribution in [0.2, 0.25) is 0 Å². The molecule has 228 valence electrons. The number of alkyl halides is 6. The number of anilines is 3. The van der Waals surface area contributed by atoms with Crippen LogP contribution in [0.15, 0.2) is 24.4 Å². The Labute approximate surface area is 231 Å². The molecular formula is C23H23F7N8O4. The normalized spacial score (nSPS) is 13.7. The van der Waals surface area contributed by atoms with Crippen LogP contribution in [0.4, 0.5) is 48.1 Å². The largest absolute Gasteiger partial charge is 0.490 e. The first kappa shape index (κ1) is 31.8. The van der Waals surface area contributed by atoms with Crippen LogP contribution < -0.4 is 15.5 Å². The second-order valence-electron chi connectivity index (χ2n) is 8.72. The van der Waals surface area contributed by atoms with Gasteiger partial charge in [-0.1, -0.05) is 0 Å². The minimum atomic E-state index is -5.08. The number of aliphatic carboxylic acids is 2. The molecule has 1 fully saturated rings. The van der Waals surface area contributed by atoms with Gasteiger partial charge in [-0.25, -0.2) is 18.5 Å². The fourth-order valence-corrected chi connectivity index (χ4v) is 3.76. The lowest BCUT2D eigenvalue weighted by atomic mass is 10.2. The van der Waals surface area contributed by atoms with Gasteiger partial charge < -0.3 is 25.7 Å². The van der Waals surface area contributed by atoms with E-state index in [1.165, 1.54) is 0 Å². The van der Waals surface area contributed by atoms with E-state index in [1.54, 1.807) is 10.6 Å². The summed E-state index contributed by atoms with van der Waals surface area (Å²) in [5, 5.41) is 32.9. The Morgan fingerprint density at radius 1 is 0.976 bits per heavy atom. The average molecular weight is 608 g/mol. The average Bonchev–Trinajstić information content (AvgIpc) is 3.48. The number of nitrogens with one attached hydrogen (secondary N) is 3. The highest BCUT2D eigenvalue weighted by molar-refractivity contribution is 5.94. The van der Waals surface area contributed by atoms with Crippen LogP contribution in [0.25, 0.3) is 16.4 Å². The van der Waals surface area contributed by atoms with Gasteiger partial charge in [-0.15, -0.1) is 5.10 Å². The maximum Gasteiger partial charge on any atom is 0.490 e. The lowest BCUT2D eigenvalue weighted by Gasteiger charge is -2.29. The minimum absolute atomic E-state index is 0.306. The summed E-state index contributed by atoms with van der Waals surface area (Å²) in [6.07, 6.45) is -8.31. The highest BCUT2D eigenvalue weighted by Gasteiger charge is 2.38. The number of carbonyl (C=O) groups is 2. The Morgan fingerprint density at radius 2 is 1.55 bits per heavy atom. The summed E-state index contributed by atoms with van der Waals surface area (Å²) < 4.78 is 80.2. The fraction of sp³-hybridized carbons (Fsp3) is 0.348. The summed E-state index contributed by atoms with van der Waals surface area (Å²) >= 11 is 0. The van der Waals surface area contributed by atoms with E-state index in [2.05, 4.69) is 35.8 Å². The van der Waals surface area contributed by atoms with Crippen molar-refractivity contribution in [2.45, 2.75) is 26.2 Å². The predicted octanol–water partition coefficient (Wildman–Crippen LogP) is 3.78. The Balaban J connectivity index is 0.000000289. The Morgan fingerprint density at radius 3 is 2.10 bits per heavy atom. The molecule has 5 rings (SSSR count). The number of aromatic nitrogens is 5. The molecule has 0 radical (unpaired) electrons. The van der Waals surface area contributed by atoms with Gasteiger partial charge in [0.15, 0.2) is 11.6 Å². The number of hydrogen-bond acceptors (Lipinski definition) is 8. The Hall–Kier alpha value is -4.68. The van der Waals surface area contributed by atoms with Gasteiger partial charge in [-0.3, -0.25) is 10.1 Å². The van der Waals surface area contributed by atoms with Crippen molar-refractivity contribution in [1.29, 1.82) is 0 Å². The summed E-state index contributed by atoms with van der Waals surface area (Å²) in [7, 11) is 0. The van der Waals surface area contributed by atoms with E-state index in [4.69, 9.17) is 19.8 Å². The van der Waals surface area contributed by atoms with Crippen molar-refractivity contribution in [2.75, 3.05) is 36.4 Å². The van der Waals surface area contributed by atoms with Gasteiger partial charge in [0.2, 0.25) is 0 Å². The summed E-state index contributed by atoms with van der Waals surface area (Å²) in [5.74, 6) is -4.81. The monoisotopic (exact) mass is 608 g/mol. The third-order valence-electron chi connectivity index (χ3n) is 5.57. The zero-order valence-electron chi connectivity index (χ0n) is 21.7. The van der Waals surface area contributed by atoms with Crippen molar-refractivity contribution in [1.82, 2.24) is 30.1 Å². The van der Waals surface area contributed by atoms with Crippen molar-refractivity contribution in [3.63, 3.8) is 0 Å². The maximum absolute atomic E-state index is 14.9. The maximum atomic E-state index is 14.9. The highest BCUT2D eigenvalue weighted by atomic mass is 19.4. The van der Waals surface area contributed by atoms with Gasteiger partial charge in [-0.05, 0) is 26.0 Å². The fourth-order valence-electron chi connectivity index (χ4n) is 3.76. The van der Waals surface area contributed by atoms with Crippen molar-refractivity contribution in [2.24, 2.45) is 0 Å². The van der Waals surface area contributed by atoms with Crippen LogP contribution in [0.5, 0.6) is 0 Å². The van der Waals surface area contributed by atoms with Crippen molar-refractivity contribution >= 4 is 45.7 Å². The molecule has 1 aliphatic rings. The summed E-state index contributed by atoms with van der Waals surface area (Å²) in [4.78, 5) is 24.4. The molecule has 0 saturated carbocycles. The number of fused-ring (bicyclic) bond motifs is 2. The second kappa shape index (κ2) is 12.5. The third kappa shape index (κ3) is 7.95. The third-order valence-corrected chi connectivity index (χ3v) is 5.57. The quantitative estimate of drug-likeness (QED) is 0.217. The first-order chi connectivity index (χ1) is 19.5. The van der Waals surface area contributed by atoms with Gasteiger partial charge in [0, 0.05) is 37.9 Å². The lowest BCUT2D eigenvalue weighted by Crippen LogP contribution is -2.43. The highest BCUT2D eigenvalue weighted by Crippen LogP contribution is 2.31. The molecule has 0 bridgehead atoms. The molecule has 3 aromatic heterocycles. The number of nitrogens with zero attached hydrogens (tertiary/aromatic N) is 5. The number of rotatable bonds is 3. The number of aromatic amines is 1. The number of halogens is 7. The molecule has 0 unspecified atom stereocenters. The molecule has 0 atom stereocenters. The minimum Gasteiger partial charge on any atom is -0.475 e. The number of H-pyrrole nitrogens is 1. The van der Waals surface area contributed by atoms with Gasteiger partial charge in [0.1, 0.15) is 5.82 Å².